The zero-order chi connectivity index (χ0) is 21.9. The Balaban J connectivity index is 1.57. The minimum Gasteiger partial charge on any atom is -0.329 e. The molecule has 3 rings (SSSR count). The van der Waals surface area contributed by atoms with Crippen molar-refractivity contribution >= 4 is 40.9 Å². The predicted octanol–water partition coefficient (Wildman–Crippen LogP) is 2.42. The number of nitrogens with zero attached hydrogens (tertiary/aromatic N) is 1. The molecule has 0 bridgehead atoms. The van der Waals surface area contributed by atoms with Gasteiger partial charge in [0.05, 0.1) is 12.2 Å². The topological polar surface area (TPSA) is 120 Å². The Morgan fingerprint density at radius 3 is 2.33 bits per heavy atom. The molecular weight excluding hydrogens is 393 g/mol. The average Bonchev–Trinajstić information content (AvgIpc) is 2.87. The van der Waals surface area contributed by atoms with Gasteiger partial charge < -0.3 is 21.3 Å². The number of hydrogen-bond donors (Lipinski definition) is 4. The molecule has 1 fully saturated rings. The smallest absolute Gasteiger partial charge is 0.329 e. The van der Waals surface area contributed by atoms with Crippen LogP contribution in [0.15, 0.2) is 48.5 Å². The van der Waals surface area contributed by atoms with Crippen LogP contribution in [0.3, 0.4) is 0 Å². The quantitative estimate of drug-likeness (QED) is 0.563. The Bertz CT molecular complexity index is 1020. The van der Waals surface area contributed by atoms with E-state index in [4.69, 9.17) is 0 Å². The van der Waals surface area contributed by atoms with Crippen LogP contribution in [0.5, 0.6) is 0 Å². The molecule has 10 heteroatoms. The van der Waals surface area contributed by atoms with Gasteiger partial charge in [-0.15, -0.1) is 0 Å². The highest BCUT2D eigenvalue weighted by Crippen LogP contribution is 2.26. The van der Waals surface area contributed by atoms with Crippen molar-refractivity contribution in [3.63, 3.8) is 0 Å². The van der Waals surface area contributed by atoms with Crippen LogP contribution in [0.2, 0.25) is 0 Å². The van der Waals surface area contributed by atoms with Gasteiger partial charge in [0, 0.05) is 11.4 Å². The number of carbonyl (C=O) groups excluding carboxylic acids is 4. The number of anilines is 3. The lowest BCUT2D eigenvalue weighted by molar-refractivity contribution is -0.121. The monoisotopic (exact) mass is 413 g/mol. The lowest BCUT2D eigenvalue weighted by Crippen LogP contribution is -2.40. The average molecular weight is 413 g/mol. The van der Waals surface area contributed by atoms with E-state index in [2.05, 4.69) is 21.3 Å². The summed E-state index contributed by atoms with van der Waals surface area (Å²) in [5, 5.41) is 9.93. The highest BCUT2D eigenvalue weighted by Gasteiger charge is 2.45. The summed E-state index contributed by atoms with van der Waals surface area (Å²) in [5.41, 5.74) is -0.135. The van der Waals surface area contributed by atoms with E-state index in [1.807, 2.05) is 0 Å². The molecule has 1 heterocycles. The van der Waals surface area contributed by atoms with Crippen LogP contribution in [0.4, 0.5) is 31.0 Å². The van der Waals surface area contributed by atoms with Crippen molar-refractivity contribution in [3.8, 4) is 0 Å². The minimum absolute atomic E-state index is 0.270. The van der Waals surface area contributed by atoms with Gasteiger partial charge in [0.2, 0.25) is 5.91 Å². The molecule has 0 aliphatic carbocycles. The van der Waals surface area contributed by atoms with E-state index < -0.39 is 35.2 Å². The van der Waals surface area contributed by atoms with Crippen molar-refractivity contribution in [2.24, 2.45) is 0 Å². The molecule has 1 aliphatic rings. The van der Waals surface area contributed by atoms with Crippen molar-refractivity contribution in [2.45, 2.75) is 19.4 Å². The largest absolute Gasteiger partial charge is 0.329 e. The summed E-state index contributed by atoms with van der Waals surface area (Å²) in [6.07, 6.45) is 0. The van der Waals surface area contributed by atoms with E-state index in [9.17, 15) is 23.6 Å². The van der Waals surface area contributed by atoms with Crippen LogP contribution >= 0.6 is 0 Å². The maximum Gasteiger partial charge on any atom is 0.329 e. The number of imide groups is 1. The lowest BCUT2D eigenvalue weighted by atomic mass is 10.1. The van der Waals surface area contributed by atoms with E-state index in [0.717, 1.165) is 11.0 Å². The van der Waals surface area contributed by atoms with Crippen LogP contribution in [0.25, 0.3) is 0 Å². The summed E-state index contributed by atoms with van der Waals surface area (Å²) in [6, 6.07) is 10.3. The molecule has 4 N–H and O–H groups in total. The Morgan fingerprint density at radius 1 is 1.03 bits per heavy atom. The SMILES string of the molecule is CC1(C)NC(=O)N(c2cccc(NC(=O)NCC(=O)Nc3cccc(F)c3)c2)C1=O. The first-order valence-corrected chi connectivity index (χ1v) is 9.03. The van der Waals surface area contributed by atoms with E-state index in [1.165, 1.54) is 24.3 Å². The normalized spacial score (nSPS) is 14.8. The van der Waals surface area contributed by atoms with Crippen molar-refractivity contribution in [3.05, 3.63) is 54.3 Å². The molecule has 2 aromatic rings. The third kappa shape index (κ3) is 4.72. The number of rotatable bonds is 5. The second kappa shape index (κ2) is 8.19. The minimum atomic E-state index is -1.02. The molecule has 1 saturated heterocycles. The van der Waals surface area contributed by atoms with E-state index in [0.29, 0.717) is 11.4 Å². The first-order valence-electron chi connectivity index (χ1n) is 9.03. The maximum atomic E-state index is 13.1. The summed E-state index contributed by atoms with van der Waals surface area (Å²) in [5.74, 6) is -1.44. The molecular formula is C20H20FN5O4. The molecule has 0 atom stereocenters. The highest BCUT2D eigenvalue weighted by atomic mass is 19.1. The summed E-state index contributed by atoms with van der Waals surface area (Å²) in [7, 11) is 0. The molecule has 0 spiro atoms. The molecule has 9 nitrogen and oxygen atoms in total. The van der Waals surface area contributed by atoms with Crippen molar-refractivity contribution in [2.75, 3.05) is 22.1 Å². The van der Waals surface area contributed by atoms with Crippen molar-refractivity contribution in [1.82, 2.24) is 10.6 Å². The summed E-state index contributed by atoms with van der Waals surface area (Å²) < 4.78 is 13.1. The Hall–Kier alpha value is -3.95. The number of benzene rings is 2. The number of amides is 6. The van der Waals surface area contributed by atoms with Gasteiger partial charge in [0.1, 0.15) is 11.4 Å². The standard InChI is InChI=1S/C20H20FN5O4/c1-20(2)17(28)26(19(30)25-20)15-8-4-7-14(10-15)24-18(29)22-11-16(27)23-13-6-3-5-12(21)9-13/h3-10H,11H2,1-2H3,(H,23,27)(H,25,30)(H2,22,24,29). The number of urea groups is 2. The van der Waals surface area contributed by atoms with Crippen molar-refractivity contribution < 1.29 is 23.6 Å². The molecule has 30 heavy (non-hydrogen) atoms. The van der Waals surface area contributed by atoms with Gasteiger partial charge >= 0.3 is 12.1 Å². The van der Waals surface area contributed by atoms with Crippen LogP contribution in [-0.4, -0.2) is 36.0 Å². The van der Waals surface area contributed by atoms with Crippen LogP contribution < -0.4 is 26.2 Å². The van der Waals surface area contributed by atoms with Crippen LogP contribution in [0, 0.1) is 5.82 Å². The molecule has 1 aliphatic heterocycles. The van der Waals surface area contributed by atoms with Crippen LogP contribution in [0.1, 0.15) is 13.8 Å². The first kappa shape index (κ1) is 20.8. The fourth-order valence-corrected chi connectivity index (χ4v) is 2.81. The first-order chi connectivity index (χ1) is 14.2. The van der Waals surface area contributed by atoms with E-state index >= 15 is 0 Å². The second-order valence-corrected chi connectivity index (χ2v) is 7.11. The molecule has 2 aromatic carbocycles. The van der Waals surface area contributed by atoms with Gasteiger partial charge in [0.15, 0.2) is 0 Å². The summed E-state index contributed by atoms with van der Waals surface area (Å²) in [6.45, 7) is 2.85. The molecule has 0 saturated carbocycles. The van der Waals surface area contributed by atoms with Gasteiger partial charge in [-0.25, -0.2) is 18.9 Å². The number of nitrogens with one attached hydrogen (secondary N) is 4. The van der Waals surface area contributed by atoms with Crippen LogP contribution in [-0.2, 0) is 9.59 Å². The maximum absolute atomic E-state index is 13.1. The highest BCUT2D eigenvalue weighted by molar-refractivity contribution is 6.23. The van der Waals surface area contributed by atoms with E-state index in [-0.39, 0.29) is 12.2 Å². The van der Waals surface area contributed by atoms with Gasteiger partial charge in [-0.3, -0.25) is 9.59 Å². The molecule has 0 radical (unpaired) electrons. The third-order valence-corrected chi connectivity index (χ3v) is 4.24. The summed E-state index contributed by atoms with van der Waals surface area (Å²) in [4.78, 5) is 49.4. The summed E-state index contributed by atoms with van der Waals surface area (Å²) >= 11 is 0. The zero-order valence-corrected chi connectivity index (χ0v) is 16.3. The predicted molar refractivity (Wildman–Crippen MR) is 109 cm³/mol. The third-order valence-electron chi connectivity index (χ3n) is 4.24. The van der Waals surface area contributed by atoms with Crippen molar-refractivity contribution in [1.29, 1.82) is 0 Å². The Labute approximate surface area is 171 Å². The Morgan fingerprint density at radius 2 is 1.70 bits per heavy atom. The Kier molecular flexibility index (Phi) is 5.67. The fourth-order valence-electron chi connectivity index (χ4n) is 2.81. The van der Waals surface area contributed by atoms with Gasteiger partial charge in [-0.05, 0) is 50.2 Å². The molecule has 156 valence electrons. The molecule has 0 unspecified atom stereocenters. The lowest BCUT2D eigenvalue weighted by Gasteiger charge is -2.17. The number of hydrogen-bond acceptors (Lipinski definition) is 4. The fraction of sp³-hybridized carbons (Fsp3) is 0.200. The number of halogens is 1. The van der Waals surface area contributed by atoms with Gasteiger partial charge in [-0.1, -0.05) is 12.1 Å². The molecule has 6 amide bonds. The zero-order valence-electron chi connectivity index (χ0n) is 16.3. The molecule has 0 aromatic heterocycles. The van der Waals surface area contributed by atoms with Gasteiger partial charge in [-0.2, -0.15) is 0 Å². The second-order valence-electron chi connectivity index (χ2n) is 7.11. The number of carbonyl (C=O) groups is 4. The van der Waals surface area contributed by atoms with Gasteiger partial charge in [0.25, 0.3) is 5.91 Å². The van der Waals surface area contributed by atoms with E-state index in [1.54, 1.807) is 32.0 Å².